The number of benzene rings is 3. The summed E-state index contributed by atoms with van der Waals surface area (Å²) in [6, 6.07) is 22.2. The molecule has 0 heterocycles. The van der Waals surface area contributed by atoms with Crippen molar-refractivity contribution in [2.75, 3.05) is 14.2 Å². The monoisotopic (exact) mass is 390 g/mol. The van der Waals surface area contributed by atoms with Crippen LogP contribution in [0.15, 0.2) is 77.9 Å². The first-order valence-electron chi connectivity index (χ1n) is 9.02. The fourth-order valence-electron chi connectivity index (χ4n) is 2.58. The van der Waals surface area contributed by atoms with E-state index in [4.69, 9.17) is 14.2 Å². The number of hydrogen-bond donors (Lipinski definition) is 1. The van der Waals surface area contributed by atoms with Crippen molar-refractivity contribution >= 4 is 12.1 Å². The maximum absolute atomic E-state index is 12.4. The van der Waals surface area contributed by atoms with E-state index in [1.807, 2.05) is 54.6 Å². The lowest BCUT2D eigenvalue weighted by Crippen LogP contribution is -2.17. The highest BCUT2D eigenvalue weighted by molar-refractivity contribution is 5.95. The van der Waals surface area contributed by atoms with Gasteiger partial charge < -0.3 is 14.2 Å². The summed E-state index contributed by atoms with van der Waals surface area (Å²) in [6.45, 7) is 0.412. The second-order valence-electron chi connectivity index (χ2n) is 6.11. The highest BCUT2D eigenvalue weighted by Crippen LogP contribution is 2.28. The van der Waals surface area contributed by atoms with Crippen LogP contribution in [-0.4, -0.2) is 26.3 Å². The molecule has 0 fully saturated rings. The van der Waals surface area contributed by atoms with E-state index in [9.17, 15) is 4.79 Å². The van der Waals surface area contributed by atoms with Crippen molar-refractivity contribution in [1.29, 1.82) is 0 Å². The van der Waals surface area contributed by atoms with Crippen molar-refractivity contribution in [2.45, 2.75) is 6.61 Å². The molecule has 1 amide bonds. The Morgan fingerprint density at radius 1 is 0.931 bits per heavy atom. The van der Waals surface area contributed by atoms with Crippen molar-refractivity contribution in [3.8, 4) is 17.2 Å². The lowest BCUT2D eigenvalue weighted by Gasteiger charge is -2.12. The fraction of sp³-hybridized carbons (Fsp3) is 0.130. The minimum absolute atomic E-state index is 0.345. The smallest absolute Gasteiger partial charge is 0.271 e. The van der Waals surface area contributed by atoms with E-state index in [0.717, 1.165) is 16.9 Å². The van der Waals surface area contributed by atoms with E-state index >= 15 is 0 Å². The largest absolute Gasteiger partial charge is 0.497 e. The normalized spacial score (nSPS) is 10.6. The fourth-order valence-corrected chi connectivity index (χ4v) is 2.58. The van der Waals surface area contributed by atoms with Gasteiger partial charge in [0.2, 0.25) is 0 Å². The third kappa shape index (κ3) is 5.59. The van der Waals surface area contributed by atoms with Gasteiger partial charge in [0, 0.05) is 5.56 Å². The Bertz CT molecular complexity index is 970. The molecule has 0 aliphatic rings. The highest BCUT2D eigenvalue weighted by Gasteiger charge is 2.11. The zero-order valence-electron chi connectivity index (χ0n) is 16.3. The van der Waals surface area contributed by atoms with Crippen LogP contribution in [0, 0.1) is 0 Å². The Labute approximate surface area is 169 Å². The Hall–Kier alpha value is -3.80. The predicted molar refractivity (Wildman–Crippen MR) is 112 cm³/mol. The minimum Gasteiger partial charge on any atom is -0.497 e. The van der Waals surface area contributed by atoms with Crippen LogP contribution >= 0.6 is 0 Å². The summed E-state index contributed by atoms with van der Waals surface area (Å²) in [5.74, 6) is 1.46. The molecule has 0 unspecified atom stereocenters. The maximum atomic E-state index is 12.4. The zero-order valence-corrected chi connectivity index (χ0v) is 16.3. The van der Waals surface area contributed by atoms with Gasteiger partial charge >= 0.3 is 0 Å². The second kappa shape index (κ2) is 9.94. The number of carbonyl (C=O) groups is 1. The molecule has 0 saturated carbocycles. The number of nitrogens with one attached hydrogen (secondary N) is 1. The number of carbonyl (C=O) groups excluding carboxylic acids is 1. The molecule has 148 valence electrons. The van der Waals surface area contributed by atoms with E-state index in [-0.39, 0.29) is 5.91 Å². The van der Waals surface area contributed by atoms with Crippen molar-refractivity contribution in [3.05, 3.63) is 89.5 Å². The molecule has 3 rings (SSSR count). The number of nitrogens with zero attached hydrogens (tertiary/aromatic N) is 1. The molecule has 0 saturated heterocycles. The molecule has 0 bridgehead atoms. The number of ether oxygens (including phenoxy) is 3. The first-order chi connectivity index (χ1) is 14.2. The summed E-state index contributed by atoms with van der Waals surface area (Å²) >= 11 is 0. The molecule has 0 radical (unpaired) electrons. The third-order valence-electron chi connectivity index (χ3n) is 4.16. The molecule has 0 aromatic heterocycles. The molecule has 0 aliphatic carbocycles. The third-order valence-corrected chi connectivity index (χ3v) is 4.16. The molecule has 6 nitrogen and oxygen atoms in total. The standard InChI is InChI=1S/C23H22N2O4/c1-27-20-11-8-17(9-12-20)15-24-25-23(26)19-10-13-21(22(14-19)28-2)29-16-18-6-4-3-5-7-18/h3-15H,16H2,1-2H3,(H,25,26)/b24-15+. The van der Waals surface area contributed by atoms with Crippen LogP contribution in [0.1, 0.15) is 21.5 Å². The van der Waals surface area contributed by atoms with Gasteiger partial charge in [0.15, 0.2) is 11.5 Å². The van der Waals surface area contributed by atoms with Gasteiger partial charge in [0.1, 0.15) is 12.4 Å². The maximum Gasteiger partial charge on any atom is 0.271 e. The molecule has 0 spiro atoms. The van der Waals surface area contributed by atoms with Gasteiger partial charge in [0.25, 0.3) is 5.91 Å². The number of methoxy groups -OCH3 is 2. The Balaban J connectivity index is 1.61. The lowest BCUT2D eigenvalue weighted by molar-refractivity contribution is 0.0954. The average Bonchev–Trinajstić information content (AvgIpc) is 2.78. The van der Waals surface area contributed by atoms with Crippen LogP contribution < -0.4 is 19.6 Å². The van der Waals surface area contributed by atoms with Crippen LogP contribution in [0.4, 0.5) is 0 Å². The topological polar surface area (TPSA) is 69.2 Å². The van der Waals surface area contributed by atoms with E-state index in [0.29, 0.717) is 23.7 Å². The second-order valence-corrected chi connectivity index (χ2v) is 6.11. The zero-order chi connectivity index (χ0) is 20.5. The van der Waals surface area contributed by atoms with Crippen LogP contribution in [0.3, 0.4) is 0 Å². The Morgan fingerprint density at radius 2 is 1.69 bits per heavy atom. The summed E-state index contributed by atoms with van der Waals surface area (Å²) in [5, 5.41) is 3.99. The molecule has 0 aliphatic heterocycles. The SMILES string of the molecule is COc1ccc(/C=N/NC(=O)c2ccc(OCc3ccccc3)c(OC)c2)cc1. The van der Waals surface area contributed by atoms with Gasteiger partial charge in [-0.1, -0.05) is 30.3 Å². The summed E-state index contributed by atoms with van der Waals surface area (Å²) in [5.41, 5.74) is 4.81. The first kappa shape index (κ1) is 19.9. The molecule has 0 atom stereocenters. The first-order valence-corrected chi connectivity index (χ1v) is 9.02. The minimum atomic E-state index is -0.345. The summed E-state index contributed by atoms with van der Waals surface area (Å²) in [7, 11) is 3.14. The Kier molecular flexibility index (Phi) is 6.84. The molecular formula is C23H22N2O4. The lowest BCUT2D eigenvalue weighted by atomic mass is 10.2. The van der Waals surface area contributed by atoms with Crippen molar-refractivity contribution in [2.24, 2.45) is 5.10 Å². The van der Waals surface area contributed by atoms with Gasteiger partial charge in [-0.3, -0.25) is 4.79 Å². The molecule has 1 N–H and O–H groups in total. The van der Waals surface area contributed by atoms with E-state index in [1.165, 1.54) is 7.11 Å². The predicted octanol–water partition coefficient (Wildman–Crippen LogP) is 4.05. The summed E-state index contributed by atoms with van der Waals surface area (Å²) < 4.78 is 16.3. The van der Waals surface area contributed by atoms with Crippen molar-refractivity contribution < 1.29 is 19.0 Å². The van der Waals surface area contributed by atoms with Crippen LogP contribution in [0.2, 0.25) is 0 Å². The number of rotatable bonds is 8. The molecule has 6 heteroatoms. The quantitative estimate of drug-likeness (QED) is 0.465. The molecular weight excluding hydrogens is 368 g/mol. The molecule has 29 heavy (non-hydrogen) atoms. The van der Waals surface area contributed by atoms with Gasteiger partial charge in [-0.05, 0) is 53.6 Å². The van der Waals surface area contributed by atoms with E-state index in [1.54, 1.807) is 31.5 Å². The highest BCUT2D eigenvalue weighted by atomic mass is 16.5. The van der Waals surface area contributed by atoms with E-state index in [2.05, 4.69) is 10.5 Å². The number of amides is 1. The number of hydrazone groups is 1. The van der Waals surface area contributed by atoms with E-state index < -0.39 is 0 Å². The van der Waals surface area contributed by atoms with Gasteiger partial charge in [0.05, 0.1) is 20.4 Å². The Morgan fingerprint density at radius 3 is 2.38 bits per heavy atom. The van der Waals surface area contributed by atoms with Crippen LogP contribution in [0.25, 0.3) is 0 Å². The molecule has 3 aromatic rings. The summed E-state index contributed by atoms with van der Waals surface area (Å²) in [4.78, 5) is 12.4. The van der Waals surface area contributed by atoms with Gasteiger partial charge in [-0.2, -0.15) is 5.10 Å². The van der Waals surface area contributed by atoms with Crippen LogP contribution in [-0.2, 0) is 6.61 Å². The van der Waals surface area contributed by atoms with Crippen molar-refractivity contribution in [1.82, 2.24) is 5.43 Å². The molecule has 3 aromatic carbocycles. The van der Waals surface area contributed by atoms with Crippen molar-refractivity contribution in [3.63, 3.8) is 0 Å². The van der Waals surface area contributed by atoms with Gasteiger partial charge in [-0.15, -0.1) is 0 Å². The van der Waals surface area contributed by atoms with Gasteiger partial charge in [-0.25, -0.2) is 5.43 Å². The number of hydrogen-bond acceptors (Lipinski definition) is 5. The average molecular weight is 390 g/mol. The summed E-state index contributed by atoms with van der Waals surface area (Å²) in [6.07, 6.45) is 1.56. The van der Waals surface area contributed by atoms with Crippen LogP contribution in [0.5, 0.6) is 17.2 Å².